The fourth-order valence-electron chi connectivity index (χ4n) is 3.03. The number of halogens is 1. The van der Waals surface area contributed by atoms with Crippen LogP contribution in [-0.4, -0.2) is 43.1 Å². The zero-order valence-corrected chi connectivity index (χ0v) is 20.8. The Morgan fingerprint density at radius 1 is 1.12 bits per heavy atom. The standard InChI is InChI=1S/C24H24BrN3O5S/c1-2-33-23-14-19(8-13-22(23)29)15-26-27-24(30)17-28(16-18-6-4-3-5-7-18)34(31,32)21-11-9-20(25)10-12-21/h3-15,29H,2,16-17H2,1H3,(H,27,30)/b26-15+. The lowest BCUT2D eigenvalue weighted by Gasteiger charge is -2.21. The summed E-state index contributed by atoms with van der Waals surface area (Å²) in [5, 5.41) is 13.7. The van der Waals surface area contributed by atoms with E-state index >= 15 is 0 Å². The van der Waals surface area contributed by atoms with Crippen LogP contribution in [0, 0.1) is 0 Å². The summed E-state index contributed by atoms with van der Waals surface area (Å²) in [7, 11) is -3.95. The monoisotopic (exact) mass is 545 g/mol. The highest BCUT2D eigenvalue weighted by Crippen LogP contribution is 2.26. The van der Waals surface area contributed by atoms with E-state index in [4.69, 9.17) is 4.74 Å². The molecule has 34 heavy (non-hydrogen) atoms. The Hall–Kier alpha value is -3.21. The van der Waals surface area contributed by atoms with Crippen molar-refractivity contribution < 1.29 is 23.1 Å². The number of ether oxygens (including phenoxy) is 1. The van der Waals surface area contributed by atoms with Gasteiger partial charge in [-0.15, -0.1) is 0 Å². The van der Waals surface area contributed by atoms with Crippen LogP contribution in [0.15, 0.2) is 87.3 Å². The first-order chi connectivity index (χ1) is 16.3. The van der Waals surface area contributed by atoms with Gasteiger partial charge in [0.1, 0.15) is 0 Å². The predicted molar refractivity (Wildman–Crippen MR) is 133 cm³/mol. The van der Waals surface area contributed by atoms with Gasteiger partial charge >= 0.3 is 0 Å². The van der Waals surface area contributed by atoms with Crippen LogP contribution in [0.2, 0.25) is 0 Å². The number of carbonyl (C=O) groups excluding carboxylic acids is 1. The van der Waals surface area contributed by atoms with Crippen LogP contribution in [-0.2, 0) is 21.4 Å². The minimum atomic E-state index is -3.95. The number of sulfonamides is 1. The Bertz CT molecular complexity index is 1250. The average Bonchev–Trinajstić information content (AvgIpc) is 2.82. The summed E-state index contributed by atoms with van der Waals surface area (Å²) >= 11 is 3.30. The maximum atomic E-state index is 13.3. The molecule has 3 aromatic rings. The van der Waals surface area contributed by atoms with E-state index in [1.807, 2.05) is 6.07 Å². The van der Waals surface area contributed by atoms with Crippen molar-refractivity contribution in [2.45, 2.75) is 18.4 Å². The van der Waals surface area contributed by atoms with Crippen LogP contribution in [0.1, 0.15) is 18.1 Å². The van der Waals surface area contributed by atoms with Crippen molar-refractivity contribution in [1.82, 2.24) is 9.73 Å². The number of rotatable bonds is 10. The van der Waals surface area contributed by atoms with Crippen molar-refractivity contribution in [1.29, 1.82) is 0 Å². The second-order valence-electron chi connectivity index (χ2n) is 7.17. The molecule has 8 nitrogen and oxygen atoms in total. The van der Waals surface area contributed by atoms with E-state index in [-0.39, 0.29) is 17.2 Å². The molecule has 0 spiro atoms. The Kier molecular flexibility index (Phi) is 8.80. The molecule has 0 saturated carbocycles. The first-order valence-corrected chi connectivity index (χ1v) is 12.6. The van der Waals surface area contributed by atoms with Crippen molar-refractivity contribution in [3.05, 3.63) is 88.4 Å². The molecule has 10 heteroatoms. The second kappa shape index (κ2) is 11.8. The van der Waals surface area contributed by atoms with E-state index in [1.165, 1.54) is 24.4 Å². The lowest BCUT2D eigenvalue weighted by Crippen LogP contribution is -2.39. The van der Waals surface area contributed by atoms with Crippen LogP contribution in [0.5, 0.6) is 11.5 Å². The van der Waals surface area contributed by atoms with Gasteiger partial charge in [0, 0.05) is 11.0 Å². The molecule has 178 valence electrons. The Morgan fingerprint density at radius 3 is 2.50 bits per heavy atom. The van der Waals surface area contributed by atoms with Gasteiger partial charge in [0.15, 0.2) is 11.5 Å². The van der Waals surface area contributed by atoms with Crippen molar-refractivity contribution in [2.75, 3.05) is 13.2 Å². The first kappa shape index (κ1) is 25.4. The number of phenols is 1. The molecule has 0 unspecified atom stereocenters. The number of benzene rings is 3. The fourth-order valence-corrected chi connectivity index (χ4v) is 4.67. The highest BCUT2D eigenvalue weighted by Gasteiger charge is 2.27. The molecule has 0 atom stereocenters. The van der Waals surface area contributed by atoms with Crippen LogP contribution >= 0.6 is 15.9 Å². The van der Waals surface area contributed by atoms with Gasteiger partial charge in [0.2, 0.25) is 10.0 Å². The number of amides is 1. The fraction of sp³-hybridized carbons (Fsp3) is 0.167. The molecule has 0 aromatic heterocycles. The van der Waals surface area contributed by atoms with E-state index < -0.39 is 22.5 Å². The quantitative estimate of drug-likeness (QED) is 0.296. The van der Waals surface area contributed by atoms with E-state index in [1.54, 1.807) is 55.5 Å². The molecular formula is C24H24BrN3O5S. The van der Waals surface area contributed by atoms with Gasteiger partial charge in [-0.2, -0.15) is 9.41 Å². The predicted octanol–water partition coefficient (Wildman–Crippen LogP) is 3.89. The summed E-state index contributed by atoms with van der Waals surface area (Å²) in [6, 6.07) is 19.9. The molecule has 0 heterocycles. The summed E-state index contributed by atoms with van der Waals surface area (Å²) in [5.74, 6) is -0.304. The van der Waals surface area contributed by atoms with Crippen LogP contribution in [0.4, 0.5) is 0 Å². The summed E-state index contributed by atoms with van der Waals surface area (Å²) < 4.78 is 33.7. The third-order valence-corrected chi connectivity index (χ3v) is 6.99. The number of phenolic OH excluding ortho intramolecular Hbond substituents is 1. The molecule has 0 bridgehead atoms. The van der Waals surface area contributed by atoms with E-state index in [0.717, 1.165) is 14.3 Å². The van der Waals surface area contributed by atoms with Crippen molar-refractivity contribution >= 4 is 38.1 Å². The molecule has 0 aliphatic heterocycles. The zero-order valence-electron chi connectivity index (χ0n) is 18.4. The number of nitrogens with zero attached hydrogens (tertiary/aromatic N) is 2. The molecule has 1 amide bonds. The van der Waals surface area contributed by atoms with Gasteiger partial charge in [-0.1, -0.05) is 46.3 Å². The van der Waals surface area contributed by atoms with Gasteiger partial charge < -0.3 is 9.84 Å². The summed E-state index contributed by atoms with van der Waals surface area (Å²) in [4.78, 5) is 12.7. The summed E-state index contributed by atoms with van der Waals surface area (Å²) in [6.07, 6.45) is 1.38. The molecule has 3 aromatic carbocycles. The van der Waals surface area contributed by atoms with E-state index in [2.05, 4.69) is 26.5 Å². The molecule has 0 radical (unpaired) electrons. The molecule has 0 aliphatic carbocycles. The third-order valence-electron chi connectivity index (χ3n) is 4.66. The minimum Gasteiger partial charge on any atom is -0.504 e. The van der Waals surface area contributed by atoms with E-state index in [0.29, 0.717) is 17.9 Å². The summed E-state index contributed by atoms with van der Waals surface area (Å²) in [5.41, 5.74) is 3.69. The van der Waals surface area contributed by atoms with Gasteiger partial charge in [0.05, 0.1) is 24.3 Å². The topological polar surface area (TPSA) is 108 Å². The van der Waals surface area contributed by atoms with E-state index in [9.17, 15) is 18.3 Å². The molecule has 2 N–H and O–H groups in total. The SMILES string of the molecule is CCOc1cc(/C=N/NC(=O)CN(Cc2ccccc2)S(=O)(=O)c2ccc(Br)cc2)ccc1O. The Labute approximate surface area is 207 Å². The minimum absolute atomic E-state index is 0.00209. The number of aromatic hydroxyl groups is 1. The number of hydrogen-bond donors (Lipinski definition) is 2. The molecule has 0 fully saturated rings. The maximum Gasteiger partial charge on any atom is 0.255 e. The normalized spacial score (nSPS) is 11.6. The number of hydrogen-bond acceptors (Lipinski definition) is 6. The van der Waals surface area contributed by atoms with Gasteiger partial charge in [-0.25, -0.2) is 13.8 Å². The van der Waals surface area contributed by atoms with Crippen molar-refractivity contribution in [3.63, 3.8) is 0 Å². The molecular weight excluding hydrogens is 522 g/mol. The molecule has 3 rings (SSSR count). The second-order valence-corrected chi connectivity index (χ2v) is 10.0. The zero-order chi connectivity index (χ0) is 24.6. The highest BCUT2D eigenvalue weighted by molar-refractivity contribution is 9.10. The molecule has 0 saturated heterocycles. The smallest absolute Gasteiger partial charge is 0.255 e. The number of nitrogens with one attached hydrogen (secondary N) is 1. The van der Waals surface area contributed by atoms with Gasteiger partial charge in [-0.05, 0) is 60.5 Å². The summed E-state index contributed by atoms with van der Waals surface area (Å²) in [6.45, 7) is 1.77. The Balaban J connectivity index is 1.75. The van der Waals surface area contributed by atoms with Gasteiger partial charge in [0.25, 0.3) is 5.91 Å². The third kappa shape index (κ3) is 6.89. The molecule has 0 aliphatic rings. The van der Waals surface area contributed by atoms with Crippen molar-refractivity contribution in [2.24, 2.45) is 5.10 Å². The maximum absolute atomic E-state index is 13.3. The number of carbonyl (C=O) groups is 1. The van der Waals surface area contributed by atoms with Crippen molar-refractivity contribution in [3.8, 4) is 11.5 Å². The van der Waals surface area contributed by atoms with Crippen LogP contribution < -0.4 is 10.2 Å². The Morgan fingerprint density at radius 2 is 1.82 bits per heavy atom. The van der Waals surface area contributed by atoms with Crippen LogP contribution in [0.25, 0.3) is 0 Å². The lowest BCUT2D eigenvalue weighted by atomic mass is 10.2. The van der Waals surface area contributed by atoms with Gasteiger partial charge in [-0.3, -0.25) is 4.79 Å². The average molecular weight is 546 g/mol. The van der Waals surface area contributed by atoms with Crippen LogP contribution in [0.3, 0.4) is 0 Å². The highest BCUT2D eigenvalue weighted by atomic mass is 79.9. The lowest BCUT2D eigenvalue weighted by molar-refractivity contribution is -0.121. The largest absolute Gasteiger partial charge is 0.504 e. The first-order valence-electron chi connectivity index (χ1n) is 10.4. The number of hydrazone groups is 1.